The van der Waals surface area contributed by atoms with Crippen molar-refractivity contribution in [3.8, 4) is 5.75 Å². The van der Waals surface area contributed by atoms with Gasteiger partial charge in [0.05, 0.1) is 12.0 Å². The Morgan fingerprint density at radius 3 is 2.22 bits per heavy atom. The van der Waals surface area contributed by atoms with E-state index in [1.54, 1.807) is 36.4 Å². The molecule has 0 N–H and O–H groups in total. The minimum Gasteiger partial charge on any atom is -0.497 e. The van der Waals surface area contributed by atoms with Gasteiger partial charge in [0.15, 0.2) is 0 Å². The van der Waals surface area contributed by atoms with Crippen LogP contribution in [0.5, 0.6) is 5.75 Å². The smallest absolute Gasteiger partial charge is 0.243 e. The van der Waals surface area contributed by atoms with Gasteiger partial charge in [-0.05, 0) is 54.8 Å². The number of sulfonamides is 1. The van der Waals surface area contributed by atoms with Crippen LogP contribution in [0.1, 0.15) is 18.4 Å². The second-order valence-corrected chi connectivity index (χ2v) is 7.47. The van der Waals surface area contributed by atoms with E-state index < -0.39 is 10.0 Å². The summed E-state index contributed by atoms with van der Waals surface area (Å²) >= 11 is 0. The fourth-order valence-corrected chi connectivity index (χ4v) is 4.10. The van der Waals surface area contributed by atoms with Gasteiger partial charge in [0, 0.05) is 12.6 Å². The topological polar surface area (TPSA) is 46.6 Å². The molecule has 3 rings (SSSR count). The molecule has 0 radical (unpaired) electrons. The average molecular weight is 335 g/mol. The van der Waals surface area contributed by atoms with Gasteiger partial charge in [0.25, 0.3) is 0 Å². The van der Waals surface area contributed by atoms with Crippen molar-refractivity contribution in [2.45, 2.75) is 30.3 Å². The molecule has 122 valence electrons. The summed E-state index contributed by atoms with van der Waals surface area (Å²) in [4.78, 5) is 0.243. The van der Waals surface area contributed by atoms with Crippen LogP contribution in [-0.2, 0) is 16.6 Å². The molecule has 0 amide bonds. The van der Waals surface area contributed by atoms with Crippen LogP contribution in [-0.4, -0.2) is 25.9 Å². The SMILES string of the molecule is COc1ccc(S(=O)(=O)N(Cc2ccc(F)cc2)C2CC2)cc1. The Morgan fingerprint density at radius 2 is 1.70 bits per heavy atom. The molecular formula is C17H18FNO3S. The minimum absolute atomic E-state index is 0.0205. The van der Waals surface area contributed by atoms with Crippen LogP contribution in [0.15, 0.2) is 53.4 Å². The van der Waals surface area contributed by atoms with Gasteiger partial charge < -0.3 is 4.74 Å². The Balaban J connectivity index is 1.88. The van der Waals surface area contributed by atoms with E-state index in [4.69, 9.17) is 4.74 Å². The average Bonchev–Trinajstić information content (AvgIpc) is 3.39. The highest BCUT2D eigenvalue weighted by Crippen LogP contribution is 2.33. The minimum atomic E-state index is -3.59. The normalized spacial score (nSPS) is 14.9. The van der Waals surface area contributed by atoms with Crippen LogP contribution in [0, 0.1) is 5.82 Å². The number of hydrogen-bond donors (Lipinski definition) is 0. The molecule has 1 aliphatic carbocycles. The van der Waals surface area contributed by atoms with Crippen molar-refractivity contribution >= 4 is 10.0 Å². The number of benzene rings is 2. The maximum absolute atomic E-state index is 13.0. The lowest BCUT2D eigenvalue weighted by molar-refractivity contribution is 0.397. The molecule has 0 bridgehead atoms. The summed E-state index contributed by atoms with van der Waals surface area (Å²) < 4.78 is 45.4. The molecule has 1 saturated carbocycles. The number of nitrogens with zero attached hydrogens (tertiary/aromatic N) is 1. The Labute approximate surface area is 135 Å². The van der Waals surface area contributed by atoms with Crippen LogP contribution in [0.2, 0.25) is 0 Å². The second-order valence-electron chi connectivity index (χ2n) is 5.58. The van der Waals surface area contributed by atoms with Crippen LogP contribution in [0.4, 0.5) is 4.39 Å². The highest BCUT2D eigenvalue weighted by molar-refractivity contribution is 7.89. The largest absolute Gasteiger partial charge is 0.497 e. The summed E-state index contributed by atoms with van der Waals surface area (Å²) in [6.07, 6.45) is 1.72. The van der Waals surface area contributed by atoms with Gasteiger partial charge in [0.2, 0.25) is 10.0 Å². The summed E-state index contributed by atoms with van der Waals surface area (Å²) in [6.45, 7) is 0.249. The highest BCUT2D eigenvalue weighted by atomic mass is 32.2. The zero-order chi connectivity index (χ0) is 16.4. The Kier molecular flexibility index (Phi) is 4.37. The van der Waals surface area contributed by atoms with E-state index in [0.29, 0.717) is 5.75 Å². The zero-order valence-corrected chi connectivity index (χ0v) is 13.6. The molecule has 6 heteroatoms. The van der Waals surface area contributed by atoms with E-state index in [-0.39, 0.29) is 23.3 Å². The van der Waals surface area contributed by atoms with Gasteiger partial charge in [0.1, 0.15) is 11.6 Å². The van der Waals surface area contributed by atoms with Gasteiger partial charge in [-0.2, -0.15) is 4.31 Å². The van der Waals surface area contributed by atoms with Crippen LogP contribution < -0.4 is 4.74 Å². The molecule has 23 heavy (non-hydrogen) atoms. The standard InChI is InChI=1S/C17H18FNO3S/c1-22-16-8-10-17(11-9-16)23(20,21)19(15-6-7-15)12-13-2-4-14(18)5-3-13/h2-5,8-11,15H,6-7,12H2,1H3. The summed E-state index contributed by atoms with van der Waals surface area (Å²) in [5, 5.41) is 0. The van der Waals surface area contributed by atoms with Crippen molar-refractivity contribution in [3.63, 3.8) is 0 Å². The van der Waals surface area contributed by atoms with Crippen molar-refractivity contribution in [2.24, 2.45) is 0 Å². The predicted molar refractivity (Wildman–Crippen MR) is 85.1 cm³/mol. The fourth-order valence-electron chi connectivity index (χ4n) is 2.43. The molecule has 0 unspecified atom stereocenters. The highest BCUT2D eigenvalue weighted by Gasteiger charge is 2.38. The van der Waals surface area contributed by atoms with Crippen molar-refractivity contribution in [1.82, 2.24) is 4.31 Å². The van der Waals surface area contributed by atoms with E-state index in [9.17, 15) is 12.8 Å². The number of ether oxygens (including phenoxy) is 1. The number of rotatable bonds is 6. The Bertz CT molecular complexity index is 768. The molecule has 0 atom stereocenters. The molecule has 4 nitrogen and oxygen atoms in total. The van der Waals surface area contributed by atoms with Gasteiger partial charge in [-0.25, -0.2) is 12.8 Å². The zero-order valence-electron chi connectivity index (χ0n) is 12.8. The monoisotopic (exact) mass is 335 g/mol. The second kappa shape index (κ2) is 6.29. The van der Waals surface area contributed by atoms with Gasteiger partial charge in [-0.1, -0.05) is 12.1 Å². The van der Waals surface area contributed by atoms with Gasteiger partial charge >= 0.3 is 0 Å². The van der Waals surface area contributed by atoms with Crippen molar-refractivity contribution < 1.29 is 17.5 Å². The van der Waals surface area contributed by atoms with Crippen molar-refractivity contribution in [1.29, 1.82) is 0 Å². The third kappa shape index (κ3) is 3.54. The fraction of sp³-hybridized carbons (Fsp3) is 0.294. The van der Waals surface area contributed by atoms with E-state index in [1.807, 2.05) is 0 Å². The molecule has 0 aromatic heterocycles. The van der Waals surface area contributed by atoms with Crippen molar-refractivity contribution in [2.75, 3.05) is 7.11 Å². The van der Waals surface area contributed by atoms with Crippen LogP contribution >= 0.6 is 0 Å². The predicted octanol–water partition coefficient (Wildman–Crippen LogP) is 3.19. The first-order valence-corrected chi connectivity index (χ1v) is 8.85. The van der Waals surface area contributed by atoms with Gasteiger partial charge in [-0.3, -0.25) is 0 Å². The Hall–Kier alpha value is -1.92. The maximum atomic E-state index is 13.0. The molecule has 1 aliphatic rings. The van der Waals surface area contributed by atoms with E-state index in [2.05, 4.69) is 0 Å². The third-order valence-electron chi connectivity index (χ3n) is 3.87. The summed E-state index contributed by atoms with van der Waals surface area (Å²) in [5.41, 5.74) is 0.774. The summed E-state index contributed by atoms with van der Waals surface area (Å²) in [6, 6.07) is 12.3. The molecule has 0 heterocycles. The number of hydrogen-bond acceptors (Lipinski definition) is 3. The first-order valence-electron chi connectivity index (χ1n) is 7.41. The van der Waals surface area contributed by atoms with Crippen LogP contribution in [0.25, 0.3) is 0 Å². The lowest BCUT2D eigenvalue weighted by Gasteiger charge is -2.22. The third-order valence-corrected chi connectivity index (χ3v) is 5.78. The number of halogens is 1. The van der Waals surface area contributed by atoms with E-state index in [1.165, 1.54) is 23.5 Å². The molecule has 2 aromatic rings. The lowest BCUT2D eigenvalue weighted by Crippen LogP contribution is -2.32. The maximum Gasteiger partial charge on any atom is 0.243 e. The lowest BCUT2D eigenvalue weighted by atomic mass is 10.2. The van der Waals surface area contributed by atoms with E-state index in [0.717, 1.165) is 18.4 Å². The molecule has 0 saturated heterocycles. The summed E-state index contributed by atoms with van der Waals surface area (Å²) in [7, 11) is -2.05. The summed E-state index contributed by atoms with van der Waals surface area (Å²) in [5.74, 6) is 0.283. The van der Waals surface area contributed by atoms with E-state index >= 15 is 0 Å². The molecule has 0 aliphatic heterocycles. The first kappa shape index (κ1) is 16.0. The Morgan fingerprint density at radius 1 is 1.09 bits per heavy atom. The van der Waals surface area contributed by atoms with Crippen LogP contribution in [0.3, 0.4) is 0 Å². The molecule has 1 fully saturated rings. The molecular weight excluding hydrogens is 317 g/mol. The van der Waals surface area contributed by atoms with Gasteiger partial charge in [-0.15, -0.1) is 0 Å². The van der Waals surface area contributed by atoms with Crippen molar-refractivity contribution in [3.05, 3.63) is 59.9 Å². The number of methoxy groups -OCH3 is 1. The molecule has 2 aromatic carbocycles. The first-order chi connectivity index (χ1) is 11.0. The quantitative estimate of drug-likeness (QED) is 0.814. The molecule has 0 spiro atoms.